The summed E-state index contributed by atoms with van der Waals surface area (Å²) in [7, 11) is 1.00. The van der Waals surface area contributed by atoms with Gasteiger partial charge in [0.05, 0.1) is 4.92 Å². The van der Waals surface area contributed by atoms with Crippen molar-refractivity contribution in [1.29, 1.82) is 0 Å². The van der Waals surface area contributed by atoms with Crippen molar-refractivity contribution in [2.75, 3.05) is 7.11 Å². The van der Waals surface area contributed by atoms with Crippen LogP contribution in [0.15, 0.2) is 24.3 Å². The minimum absolute atomic E-state index is 0.152. The summed E-state index contributed by atoms with van der Waals surface area (Å²) in [6.07, 6.45) is 0. The fourth-order valence-electron chi connectivity index (χ4n) is 0.981. The van der Waals surface area contributed by atoms with E-state index in [1.54, 1.807) is 12.1 Å². The lowest BCUT2D eigenvalue weighted by atomic mass is 10.0. The van der Waals surface area contributed by atoms with E-state index in [1.165, 1.54) is 12.1 Å². The molecule has 0 spiro atoms. The summed E-state index contributed by atoms with van der Waals surface area (Å²) in [5.74, 6) is 0.422. The molecule has 0 saturated heterocycles. The molecule has 4 nitrogen and oxygen atoms in total. The molecule has 0 bridgehead atoms. The zero-order valence-corrected chi connectivity index (χ0v) is 8.60. The summed E-state index contributed by atoms with van der Waals surface area (Å²) in [5.41, 5.74) is 1.28. The van der Waals surface area contributed by atoms with Crippen molar-refractivity contribution >= 4 is 5.69 Å². The van der Waals surface area contributed by atoms with Gasteiger partial charge in [-0.2, -0.15) is 0 Å². The summed E-state index contributed by atoms with van der Waals surface area (Å²) in [6, 6.07) is 6.66. The maximum atomic E-state index is 10.3. The van der Waals surface area contributed by atoms with Crippen molar-refractivity contribution in [3.8, 4) is 0 Å². The van der Waals surface area contributed by atoms with Crippen LogP contribution in [0.5, 0.6) is 0 Å². The first-order valence-electron chi connectivity index (χ1n) is 4.30. The van der Waals surface area contributed by atoms with Gasteiger partial charge in [0.1, 0.15) is 0 Å². The lowest BCUT2D eigenvalue weighted by Crippen LogP contribution is -1.90. The molecule has 0 aliphatic carbocycles. The van der Waals surface area contributed by atoms with Gasteiger partial charge in [0.15, 0.2) is 0 Å². The molecule has 0 radical (unpaired) electrons. The highest BCUT2D eigenvalue weighted by Gasteiger charge is 2.04. The molecule has 0 aromatic heterocycles. The molecule has 1 rings (SSSR count). The number of hydrogen-bond donors (Lipinski definition) is 1. The Balaban J connectivity index is 0.000000791. The normalized spacial score (nSPS) is 9.21. The Hall–Kier alpha value is -1.42. The molecule has 4 heteroatoms. The first kappa shape index (κ1) is 12.6. The largest absolute Gasteiger partial charge is 0.400 e. The van der Waals surface area contributed by atoms with Crippen molar-refractivity contribution < 1.29 is 10.0 Å². The van der Waals surface area contributed by atoms with Crippen molar-refractivity contribution in [2.24, 2.45) is 0 Å². The molecular formula is C10H15NO3. The molecule has 0 atom stereocenters. The molecule has 0 heterocycles. The average molecular weight is 197 g/mol. The van der Waals surface area contributed by atoms with Crippen LogP contribution >= 0.6 is 0 Å². The Morgan fingerprint density at radius 2 is 1.64 bits per heavy atom. The van der Waals surface area contributed by atoms with Crippen LogP contribution in [0.3, 0.4) is 0 Å². The quantitative estimate of drug-likeness (QED) is 0.584. The monoisotopic (exact) mass is 197 g/mol. The molecule has 78 valence electrons. The third-order valence-corrected chi connectivity index (χ3v) is 1.77. The molecule has 1 N–H and O–H groups in total. The summed E-state index contributed by atoms with van der Waals surface area (Å²) in [5, 5.41) is 17.3. The lowest BCUT2D eigenvalue weighted by Gasteiger charge is -2.02. The molecule has 1 aromatic carbocycles. The third-order valence-electron chi connectivity index (χ3n) is 1.77. The van der Waals surface area contributed by atoms with Gasteiger partial charge in [-0.15, -0.1) is 0 Å². The zero-order valence-electron chi connectivity index (χ0n) is 8.60. The summed E-state index contributed by atoms with van der Waals surface area (Å²) < 4.78 is 0. The highest BCUT2D eigenvalue weighted by Crippen LogP contribution is 2.17. The number of aliphatic hydroxyl groups is 1. The van der Waals surface area contributed by atoms with Gasteiger partial charge < -0.3 is 5.11 Å². The Morgan fingerprint density at radius 1 is 1.21 bits per heavy atom. The van der Waals surface area contributed by atoms with Crippen LogP contribution in [-0.2, 0) is 0 Å². The second-order valence-electron chi connectivity index (χ2n) is 3.00. The van der Waals surface area contributed by atoms with E-state index in [0.717, 1.165) is 12.7 Å². The minimum Gasteiger partial charge on any atom is -0.400 e. The third kappa shape index (κ3) is 3.53. The van der Waals surface area contributed by atoms with Crippen molar-refractivity contribution in [3.63, 3.8) is 0 Å². The van der Waals surface area contributed by atoms with E-state index in [9.17, 15) is 10.1 Å². The smallest absolute Gasteiger partial charge is 0.269 e. The maximum Gasteiger partial charge on any atom is 0.269 e. The van der Waals surface area contributed by atoms with Gasteiger partial charge in [0.25, 0.3) is 5.69 Å². The van der Waals surface area contributed by atoms with Crippen LogP contribution in [0.2, 0.25) is 0 Å². The SMILES string of the molecule is CC(C)c1ccc([N+](=O)[O-])cc1.CO. The van der Waals surface area contributed by atoms with Crippen molar-refractivity contribution in [1.82, 2.24) is 0 Å². The van der Waals surface area contributed by atoms with Crippen LogP contribution in [0, 0.1) is 10.1 Å². The Morgan fingerprint density at radius 3 is 1.93 bits per heavy atom. The summed E-state index contributed by atoms with van der Waals surface area (Å²) in [4.78, 5) is 9.90. The van der Waals surface area contributed by atoms with Crippen LogP contribution in [0.1, 0.15) is 25.3 Å². The van der Waals surface area contributed by atoms with E-state index in [2.05, 4.69) is 13.8 Å². The topological polar surface area (TPSA) is 63.4 Å². The van der Waals surface area contributed by atoms with Gasteiger partial charge in [0.2, 0.25) is 0 Å². The van der Waals surface area contributed by atoms with E-state index >= 15 is 0 Å². The summed E-state index contributed by atoms with van der Waals surface area (Å²) >= 11 is 0. The van der Waals surface area contributed by atoms with Gasteiger partial charge in [0, 0.05) is 19.2 Å². The first-order chi connectivity index (χ1) is 6.61. The van der Waals surface area contributed by atoms with E-state index in [0.29, 0.717) is 5.92 Å². The Kier molecular flexibility index (Phi) is 5.48. The van der Waals surface area contributed by atoms with E-state index in [1.807, 2.05) is 0 Å². The fraction of sp³-hybridized carbons (Fsp3) is 0.400. The predicted molar refractivity (Wildman–Crippen MR) is 55.3 cm³/mol. The standard InChI is InChI=1S/C9H11NO2.CH4O/c1-7(2)8-3-5-9(6-4-8)10(11)12;1-2/h3-7H,1-2H3;2H,1H3. The van der Waals surface area contributed by atoms with E-state index in [-0.39, 0.29) is 10.6 Å². The molecule has 0 unspecified atom stereocenters. The number of benzene rings is 1. The number of aliphatic hydroxyl groups excluding tert-OH is 1. The number of nitrogens with zero attached hydrogens (tertiary/aromatic N) is 1. The highest BCUT2D eigenvalue weighted by atomic mass is 16.6. The number of non-ortho nitro benzene ring substituents is 1. The van der Waals surface area contributed by atoms with E-state index in [4.69, 9.17) is 5.11 Å². The van der Waals surface area contributed by atoms with Crippen LogP contribution in [0.25, 0.3) is 0 Å². The number of nitro benzene ring substituents is 1. The average Bonchev–Trinajstić information content (AvgIpc) is 2.21. The van der Waals surface area contributed by atoms with Crippen LogP contribution < -0.4 is 0 Å². The molecule has 1 aromatic rings. The molecule has 0 aliphatic heterocycles. The fourth-order valence-corrected chi connectivity index (χ4v) is 0.981. The highest BCUT2D eigenvalue weighted by molar-refractivity contribution is 5.33. The molecule has 0 fully saturated rings. The second kappa shape index (κ2) is 6.10. The van der Waals surface area contributed by atoms with Gasteiger partial charge >= 0.3 is 0 Å². The van der Waals surface area contributed by atoms with Crippen molar-refractivity contribution in [2.45, 2.75) is 19.8 Å². The molecule has 0 aliphatic rings. The zero-order chi connectivity index (χ0) is 11.1. The van der Waals surface area contributed by atoms with Gasteiger partial charge in [-0.1, -0.05) is 26.0 Å². The Labute approximate surface area is 83.3 Å². The van der Waals surface area contributed by atoms with Gasteiger partial charge in [-0.05, 0) is 11.5 Å². The first-order valence-corrected chi connectivity index (χ1v) is 4.30. The maximum absolute atomic E-state index is 10.3. The molecular weight excluding hydrogens is 182 g/mol. The number of hydrogen-bond acceptors (Lipinski definition) is 3. The van der Waals surface area contributed by atoms with Crippen LogP contribution in [-0.4, -0.2) is 17.1 Å². The Bertz CT molecular complexity index is 280. The summed E-state index contributed by atoms with van der Waals surface area (Å²) in [6.45, 7) is 4.11. The van der Waals surface area contributed by atoms with E-state index < -0.39 is 0 Å². The lowest BCUT2D eigenvalue weighted by molar-refractivity contribution is -0.384. The number of rotatable bonds is 2. The number of nitro groups is 1. The van der Waals surface area contributed by atoms with Gasteiger partial charge in [-0.3, -0.25) is 10.1 Å². The predicted octanol–water partition coefficient (Wildman–Crippen LogP) is 2.33. The molecule has 14 heavy (non-hydrogen) atoms. The molecule has 0 amide bonds. The molecule has 0 saturated carbocycles. The van der Waals surface area contributed by atoms with Crippen LogP contribution in [0.4, 0.5) is 5.69 Å². The minimum atomic E-state index is -0.385. The van der Waals surface area contributed by atoms with Gasteiger partial charge in [-0.25, -0.2) is 0 Å². The van der Waals surface area contributed by atoms with Crippen molar-refractivity contribution in [3.05, 3.63) is 39.9 Å². The second-order valence-corrected chi connectivity index (χ2v) is 3.00.